The average Bonchev–Trinajstić information content (AvgIpc) is 3.24. The number of methoxy groups -OCH3 is 1. The Labute approximate surface area is 214 Å². The van der Waals surface area contributed by atoms with Crippen molar-refractivity contribution in [1.29, 1.82) is 0 Å². The Morgan fingerprint density at radius 3 is 2.97 bits per heavy atom. The number of rotatable bonds is 5. The lowest BCUT2D eigenvalue weighted by atomic mass is 10.1. The molecule has 1 saturated heterocycles. The van der Waals surface area contributed by atoms with Gasteiger partial charge in [0, 0.05) is 50.4 Å². The molecule has 36 heavy (non-hydrogen) atoms. The number of amides is 1. The summed E-state index contributed by atoms with van der Waals surface area (Å²) >= 11 is 6.46. The van der Waals surface area contributed by atoms with Gasteiger partial charge in [-0.2, -0.15) is 0 Å². The molecule has 1 fully saturated rings. The summed E-state index contributed by atoms with van der Waals surface area (Å²) in [5.41, 5.74) is 2.96. The normalized spacial score (nSPS) is 19.4. The third kappa shape index (κ3) is 4.49. The number of carbonyl (C=O) groups excluding carboxylic acids is 1. The van der Waals surface area contributed by atoms with Gasteiger partial charge in [-0.15, -0.1) is 0 Å². The number of aryl methyl sites for hydroxylation is 1. The molecular weight excluding hydrogens is 482 g/mol. The lowest BCUT2D eigenvalue weighted by Crippen LogP contribution is -2.38. The Bertz CT molecular complexity index is 1370. The first kappa shape index (κ1) is 24.4. The minimum Gasteiger partial charge on any atom is -0.486 e. The summed E-state index contributed by atoms with van der Waals surface area (Å²) in [5.74, 6) is 0.195. The highest BCUT2D eigenvalue weighted by atomic mass is 35.5. The van der Waals surface area contributed by atoms with Crippen molar-refractivity contribution in [2.24, 2.45) is 7.05 Å². The number of likely N-dealkylation sites (tertiary alicyclic amines) is 1. The van der Waals surface area contributed by atoms with Crippen LogP contribution >= 0.6 is 11.6 Å². The van der Waals surface area contributed by atoms with E-state index in [2.05, 4.69) is 22.5 Å². The number of hydrogen-bond donors (Lipinski definition) is 2. The summed E-state index contributed by atoms with van der Waals surface area (Å²) in [4.78, 5) is 32.2. The monoisotopic (exact) mass is 511 g/mol. The van der Waals surface area contributed by atoms with E-state index in [0.29, 0.717) is 47.6 Å². The third-order valence-corrected chi connectivity index (χ3v) is 7.19. The van der Waals surface area contributed by atoms with E-state index in [1.165, 1.54) is 6.20 Å². The highest BCUT2D eigenvalue weighted by Crippen LogP contribution is 2.35. The SMILES string of the molecule is COC[C@@H]1CCCN1C(=O)c1cc(Nc2ccc3c(c2)c2c(c(=O)n3C)OCC[C@H](C)N2)c(Cl)cn1. The van der Waals surface area contributed by atoms with E-state index in [9.17, 15) is 9.59 Å². The summed E-state index contributed by atoms with van der Waals surface area (Å²) in [6, 6.07) is 7.61. The molecule has 5 rings (SSSR count). The van der Waals surface area contributed by atoms with Crippen molar-refractivity contribution >= 4 is 45.5 Å². The van der Waals surface area contributed by atoms with Crippen LogP contribution in [0.2, 0.25) is 5.02 Å². The zero-order chi connectivity index (χ0) is 25.4. The van der Waals surface area contributed by atoms with Gasteiger partial charge in [0.15, 0.2) is 0 Å². The van der Waals surface area contributed by atoms with Crippen molar-refractivity contribution in [3.05, 3.63) is 51.5 Å². The molecule has 0 spiro atoms. The van der Waals surface area contributed by atoms with Gasteiger partial charge in [-0.25, -0.2) is 4.98 Å². The molecule has 0 bridgehead atoms. The molecule has 0 radical (unpaired) electrons. The first-order valence-corrected chi connectivity index (χ1v) is 12.5. The number of nitrogens with zero attached hydrogens (tertiary/aromatic N) is 3. The molecule has 190 valence electrons. The van der Waals surface area contributed by atoms with Crippen molar-refractivity contribution in [2.45, 2.75) is 38.3 Å². The van der Waals surface area contributed by atoms with E-state index in [1.807, 2.05) is 23.1 Å². The van der Waals surface area contributed by atoms with Gasteiger partial charge < -0.3 is 29.6 Å². The Kier molecular flexibility index (Phi) is 6.77. The fourth-order valence-corrected chi connectivity index (χ4v) is 5.10. The molecule has 2 aromatic heterocycles. The van der Waals surface area contributed by atoms with Crippen LogP contribution in [0.5, 0.6) is 5.75 Å². The Balaban J connectivity index is 1.49. The molecule has 2 aliphatic rings. The van der Waals surface area contributed by atoms with Crippen LogP contribution in [0.1, 0.15) is 36.7 Å². The molecule has 2 aliphatic heterocycles. The molecule has 2 N–H and O–H groups in total. The summed E-state index contributed by atoms with van der Waals surface area (Å²) in [6.45, 7) is 3.73. The Hall–Kier alpha value is -3.30. The lowest BCUT2D eigenvalue weighted by Gasteiger charge is -2.24. The number of ether oxygens (including phenoxy) is 2. The number of carbonyl (C=O) groups is 1. The molecule has 0 aliphatic carbocycles. The number of hydrogen-bond acceptors (Lipinski definition) is 7. The van der Waals surface area contributed by atoms with Gasteiger partial charge >= 0.3 is 0 Å². The summed E-state index contributed by atoms with van der Waals surface area (Å²) in [6.07, 6.45) is 4.15. The van der Waals surface area contributed by atoms with Crippen LogP contribution in [-0.4, -0.2) is 59.3 Å². The predicted molar refractivity (Wildman–Crippen MR) is 141 cm³/mol. The Morgan fingerprint density at radius 1 is 1.33 bits per heavy atom. The van der Waals surface area contributed by atoms with Gasteiger partial charge in [0.05, 0.1) is 41.2 Å². The van der Waals surface area contributed by atoms with Gasteiger partial charge in [-0.1, -0.05) is 11.6 Å². The van der Waals surface area contributed by atoms with E-state index < -0.39 is 0 Å². The molecule has 4 heterocycles. The van der Waals surface area contributed by atoms with Crippen molar-refractivity contribution in [3.8, 4) is 5.75 Å². The van der Waals surface area contributed by atoms with Crippen molar-refractivity contribution in [3.63, 3.8) is 0 Å². The maximum absolute atomic E-state index is 13.2. The maximum atomic E-state index is 13.2. The second kappa shape index (κ2) is 9.99. The first-order valence-electron chi connectivity index (χ1n) is 12.2. The van der Waals surface area contributed by atoms with E-state index in [0.717, 1.165) is 35.9 Å². The molecular formula is C26H30ClN5O4. The maximum Gasteiger partial charge on any atom is 0.295 e. The van der Waals surface area contributed by atoms with E-state index >= 15 is 0 Å². The molecule has 0 unspecified atom stereocenters. The van der Waals surface area contributed by atoms with Gasteiger partial charge in [-0.3, -0.25) is 9.59 Å². The highest BCUT2D eigenvalue weighted by Gasteiger charge is 2.30. The van der Waals surface area contributed by atoms with Crippen molar-refractivity contribution in [2.75, 3.05) is 37.5 Å². The largest absolute Gasteiger partial charge is 0.486 e. The number of pyridine rings is 2. The first-order chi connectivity index (χ1) is 17.4. The number of benzene rings is 1. The fraction of sp³-hybridized carbons (Fsp3) is 0.423. The van der Waals surface area contributed by atoms with E-state index in [4.69, 9.17) is 21.1 Å². The predicted octanol–water partition coefficient (Wildman–Crippen LogP) is 4.16. The minimum absolute atomic E-state index is 0.0517. The van der Waals surface area contributed by atoms with Crippen molar-refractivity contribution < 1.29 is 14.3 Å². The van der Waals surface area contributed by atoms with Gasteiger partial charge in [0.1, 0.15) is 5.69 Å². The molecule has 1 amide bonds. The van der Waals surface area contributed by atoms with Crippen LogP contribution in [0.4, 0.5) is 17.1 Å². The highest BCUT2D eigenvalue weighted by molar-refractivity contribution is 6.33. The van der Waals surface area contributed by atoms with Crippen molar-refractivity contribution in [1.82, 2.24) is 14.5 Å². The summed E-state index contributed by atoms with van der Waals surface area (Å²) in [5, 5.41) is 8.03. The second-order valence-corrected chi connectivity index (χ2v) is 9.81. The number of nitrogens with one attached hydrogen (secondary N) is 2. The molecule has 10 heteroatoms. The topological polar surface area (TPSA) is 97.7 Å². The van der Waals surface area contributed by atoms with Crippen LogP contribution in [0.3, 0.4) is 0 Å². The zero-order valence-electron chi connectivity index (χ0n) is 20.6. The van der Waals surface area contributed by atoms with E-state index in [-0.39, 0.29) is 23.6 Å². The van der Waals surface area contributed by atoms with Gasteiger partial charge in [-0.05, 0) is 44.0 Å². The number of fused-ring (bicyclic) bond motifs is 3. The molecule has 3 aromatic rings. The molecule has 0 saturated carbocycles. The number of aromatic nitrogens is 2. The average molecular weight is 512 g/mol. The lowest BCUT2D eigenvalue weighted by molar-refractivity contribution is 0.0625. The zero-order valence-corrected chi connectivity index (χ0v) is 21.4. The summed E-state index contributed by atoms with van der Waals surface area (Å²) < 4.78 is 12.7. The van der Waals surface area contributed by atoms with Crippen LogP contribution < -0.4 is 20.9 Å². The molecule has 1 aromatic carbocycles. The van der Waals surface area contributed by atoms with Crippen LogP contribution in [-0.2, 0) is 11.8 Å². The second-order valence-electron chi connectivity index (χ2n) is 9.41. The van der Waals surface area contributed by atoms with Gasteiger partial charge in [0.2, 0.25) is 5.75 Å². The minimum atomic E-state index is -0.172. The van der Waals surface area contributed by atoms with Crippen LogP contribution in [0, 0.1) is 0 Å². The summed E-state index contributed by atoms with van der Waals surface area (Å²) in [7, 11) is 3.38. The number of anilines is 3. The van der Waals surface area contributed by atoms with Crippen LogP contribution in [0.15, 0.2) is 35.3 Å². The smallest absolute Gasteiger partial charge is 0.295 e. The molecule has 9 nitrogen and oxygen atoms in total. The third-order valence-electron chi connectivity index (χ3n) is 6.89. The van der Waals surface area contributed by atoms with Crippen LogP contribution in [0.25, 0.3) is 10.9 Å². The Morgan fingerprint density at radius 2 is 2.17 bits per heavy atom. The van der Waals surface area contributed by atoms with E-state index in [1.54, 1.807) is 24.8 Å². The standard InChI is InChI=1S/C26H30ClN5O4/c1-15-8-10-36-24-23(29-15)18-11-16(6-7-22(18)31(2)26(24)34)30-20-12-21(28-13-19(20)27)25(33)32-9-4-5-17(32)14-35-3/h6-7,11-13,15,17,29H,4-5,8-10,14H2,1-3H3,(H,28,30)/t15-,17-/m0/s1. The fourth-order valence-electron chi connectivity index (χ4n) is 4.95. The molecule has 2 atom stereocenters. The quantitative estimate of drug-likeness (QED) is 0.530. The number of halogens is 1. The van der Waals surface area contributed by atoms with Gasteiger partial charge in [0.25, 0.3) is 11.5 Å².